The third-order valence-corrected chi connectivity index (χ3v) is 6.78. The summed E-state index contributed by atoms with van der Waals surface area (Å²) in [7, 11) is 4.03. The summed E-state index contributed by atoms with van der Waals surface area (Å²) in [5.41, 5.74) is 5.83. The first-order valence-corrected chi connectivity index (χ1v) is 11.2. The first-order chi connectivity index (χ1) is 14.6. The molecular weight excluding hydrogens is 370 g/mol. The van der Waals surface area contributed by atoms with Crippen LogP contribution in [0.4, 0.5) is 11.5 Å². The number of anilines is 2. The number of nitrogens with zero attached hydrogens (tertiary/aromatic N) is 4. The second-order valence-electron chi connectivity index (χ2n) is 8.95. The van der Waals surface area contributed by atoms with E-state index in [0.29, 0.717) is 0 Å². The summed E-state index contributed by atoms with van der Waals surface area (Å²) >= 11 is 0. The average Bonchev–Trinajstić information content (AvgIpc) is 3.22. The molecule has 2 unspecified atom stereocenters. The van der Waals surface area contributed by atoms with E-state index in [4.69, 9.17) is 4.98 Å². The van der Waals surface area contributed by atoms with E-state index in [9.17, 15) is 0 Å². The van der Waals surface area contributed by atoms with Gasteiger partial charge in [-0.25, -0.2) is 9.97 Å². The van der Waals surface area contributed by atoms with E-state index in [1.54, 1.807) is 0 Å². The number of hydrogen-bond acceptors (Lipinski definition) is 5. The van der Waals surface area contributed by atoms with Crippen molar-refractivity contribution in [2.45, 2.75) is 19.8 Å². The van der Waals surface area contributed by atoms with Crippen LogP contribution in [0.15, 0.2) is 42.6 Å². The molecule has 3 aromatic rings. The molecule has 5 nitrogen and oxygen atoms in total. The minimum atomic E-state index is 0.751. The molecule has 0 saturated carbocycles. The third-order valence-electron chi connectivity index (χ3n) is 6.78. The number of aryl methyl sites for hydroxylation is 1. The van der Waals surface area contributed by atoms with Crippen LogP contribution in [0.25, 0.3) is 22.2 Å². The topological polar surface area (TPSA) is 44.3 Å². The van der Waals surface area contributed by atoms with Gasteiger partial charge >= 0.3 is 0 Å². The van der Waals surface area contributed by atoms with E-state index in [2.05, 4.69) is 58.5 Å². The van der Waals surface area contributed by atoms with Crippen LogP contribution < -0.4 is 15.1 Å². The molecule has 156 valence electrons. The Morgan fingerprint density at radius 3 is 2.70 bits per heavy atom. The van der Waals surface area contributed by atoms with Crippen molar-refractivity contribution in [1.82, 2.24) is 15.3 Å². The Labute approximate surface area is 179 Å². The number of rotatable bonds is 4. The molecule has 0 amide bonds. The Kier molecular flexibility index (Phi) is 5.07. The highest BCUT2D eigenvalue weighted by Crippen LogP contribution is 2.37. The smallest absolute Gasteiger partial charge is 0.127 e. The Morgan fingerprint density at radius 2 is 1.97 bits per heavy atom. The molecule has 2 fully saturated rings. The lowest BCUT2D eigenvalue weighted by Crippen LogP contribution is -2.35. The summed E-state index contributed by atoms with van der Waals surface area (Å²) in [6.45, 7) is 6.78. The molecule has 0 aliphatic carbocycles. The molecule has 5 rings (SSSR count). The van der Waals surface area contributed by atoms with Crippen LogP contribution in [-0.4, -0.2) is 50.2 Å². The fraction of sp³-hybridized carbons (Fsp3) is 0.440. The summed E-state index contributed by atoms with van der Waals surface area (Å²) in [5, 5.41) is 4.85. The Bertz CT molecular complexity index is 1030. The van der Waals surface area contributed by atoms with Gasteiger partial charge in [0, 0.05) is 50.0 Å². The molecule has 1 N–H and O–H groups in total. The molecule has 2 atom stereocenters. The standard InChI is InChI=1S/C25H31N5/c1-4-17-5-7-21-23(11-17)28-22(18-6-8-25(27-14-18)29(2)3)12-24(21)30-15-19-9-10-26-13-20(19)16-30/h5-8,11-12,14,19-20,26H,4,9-10,13,15-16H2,1-3H3. The maximum atomic E-state index is 5.06. The minimum absolute atomic E-state index is 0.751. The summed E-state index contributed by atoms with van der Waals surface area (Å²) in [6.07, 6.45) is 4.26. The fourth-order valence-corrected chi connectivity index (χ4v) is 4.96. The first kappa shape index (κ1) is 19.3. The van der Waals surface area contributed by atoms with E-state index in [1.807, 2.05) is 25.2 Å². The largest absolute Gasteiger partial charge is 0.370 e. The van der Waals surface area contributed by atoms with Gasteiger partial charge in [0.15, 0.2) is 0 Å². The van der Waals surface area contributed by atoms with Crippen molar-refractivity contribution in [3.63, 3.8) is 0 Å². The lowest BCUT2D eigenvalue weighted by Gasteiger charge is -2.23. The number of aromatic nitrogens is 2. The van der Waals surface area contributed by atoms with Gasteiger partial charge in [0.05, 0.1) is 11.2 Å². The van der Waals surface area contributed by atoms with Crippen molar-refractivity contribution in [3.8, 4) is 11.3 Å². The number of hydrogen-bond donors (Lipinski definition) is 1. The van der Waals surface area contributed by atoms with Gasteiger partial charge in [0.1, 0.15) is 5.82 Å². The quantitative estimate of drug-likeness (QED) is 0.717. The summed E-state index contributed by atoms with van der Waals surface area (Å²) in [4.78, 5) is 14.3. The molecule has 30 heavy (non-hydrogen) atoms. The molecule has 1 aromatic carbocycles. The van der Waals surface area contributed by atoms with Gasteiger partial charge in [0.25, 0.3) is 0 Å². The maximum Gasteiger partial charge on any atom is 0.127 e. The van der Waals surface area contributed by atoms with Crippen molar-refractivity contribution in [3.05, 3.63) is 48.2 Å². The van der Waals surface area contributed by atoms with Crippen LogP contribution in [-0.2, 0) is 6.42 Å². The molecule has 2 aliphatic heterocycles. The van der Waals surface area contributed by atoms with E-state index < -0.39 is 0 Å². The number of benzene rings is 1. The Balaban J connectivity index is 1.59. The predicted octanol–water partition coefficient (Wildman–Crippen LogP) is 3.97. The van der Waals surface area contributed by atoms with Gasteiger partial charge < -0.3 is 15.1 Å². The number of piperidine rings is 1. The minimum Gasteiger partial charge on any atom is -0.370 e. The number of pyridine rings is 2. The number of nitrogens with one attached hydrogen (secondary N) is 1. The van der Waals surface area contributed by atoms with Crippen LogP contribution in [0, 0.1) is 11.8 Å². The second kappa shape index (κ2) is 7.88. The third kappa shape index (κ3) is 3.52. The molecule has 0 spiro atoms. The molecule has 0 radical (unpaired) electrons. The highest BCUT2D eigenvalue weighted by atomic mass is 15.2. The van der Waals surface area contributed by atoms with Crippen LogP contribution in [0.5, 0.6) is 0 Å². The van der Waals surface area contributed by atoms with Gasteiger partial charge in [-0.1, -0.05) is 19.1 Å². The first-order valence-electron chi connectivity index (χ1n) is 11.2. The summed E-state index contributed by atoms with van der Waals surface area (Å²) in [5.74, 6) is 2.51. The van der Waals surface area contributed by atoms with E-state index >= 15 is 0 Å². The molecule has 2 saturated heterocycles. The SMILES string of the molecule is CCc1ccc2c(N3CC4CCNCC4C3)cc(-c3ccc(N(C)C)nc3)nc2c1. The van der Waals surface area contributed by atoms with Crippen LogP contribution in [0.1, 0.15) is 18.9 Å². The van der Waals surface area contributed by atoms with Crippen molar-refractivity contribution in [1.29, 1.82) is 0 Å². The van der Waals surface area contributed by atoms with Gasteiger partial charge in [-0.2, -0.15) is 0 Å². The zero-order chi connectivity index (χ0) is 20.7. The lowest BCUT2D eigenvalue weighted by atomic mass is 9.90. The van der Waals surface area contributed by atoms with Crippen LogP contribution >= 0.6 is 0 Å². The maximum absolute atomic E-state index is 5.06. The van der Waals surface area contributed by atoms with Gasteiger partial charge in [-0.3, -0.25) is 0 Å². The monoisotopic (exact) mass is 401 g/mol. The molecule has 2 aliphatic rings. The fourth-order valence-electron chi connectivity index (χ4n) is 4.96. The van der Waals surface area contributed by atoms with E-state index in [-0.39, 0.29) is 0 Å². The highest BCUT2D eigenvalue weighted by Gasteiger charge is 2.35. The van der Waals surface area contributed by atoms with Crippen LogP contribution in [0.2, 0.25) is 0 Å². The van der Waals surface area contributed by atoms with Crippen LogP contribution in [0.3, 0.4) is 0 Å². The Morgan fingerprint density at radius 1 is 1.10 bits per heavy atom. The molecular formula is C25H31N5. The predicted molar refractivity (Wildman–Crippen MR) is 125 cm³/mol. The lowest BCUT2D eigenvalue weighted by molar-refractivity contribution is 0.318. The zero-order valence-corrected chi connectivity index (χ0v) is 18.2. The second-order valence-corrected chi connectivity index (χ2v) is 8.95. The zero-order valence-electron chi connectivity index (χ0n) is 18.2. The Hall–Kier alpha value is -2.66. The summed E-state index contributed by atoms with van der Waals surface area (Å²) in [6, 6.07) is 13.3. The van der Waals surface area contributed by atoms with Crippen molar-refractivity contribution in [2.24, 2.45) is 11.8 Å². The van der Waals surface area contributed by atoms with Gasteiger partial charge in [0.2, 0.25) is 0 Å². The molecule has 2 aromatic heterocycles. The van der Waals surface area contributed by atoms with Crippen molar-refractivity contribution in [2.75, 3.05) is 50.1 Å². The van der Waals surface area contributed by atoms with E-state index in [1.165, 1.54) is 23.1 Å². The van der Waals surface area contributed by atoms with Crippen molar-refractivity contribution < 1.29 is 0 Å². The number of fused-ring (bicyclic) bond motifs is 2. The van der Waals surface area contributed by atoms with E-state index in [0.717, 1.165) is 67.0 Å². The average molecular weight is 402 g/mol. The molecule has 4 heterocycles. The normalized spacial score (nSPS) is 21.1. The highest BCUT2D eigenvalue weighted by molar-refractivity contribution is 5.94. The van der Waals surface area contributed by atoms with Gasteiger partial charge in [-0.05, 0) is 67.6 Å². The summed E-state index contributed by atoms with van der Waals surface area (Å²) < 4.78 is 0. The van der Waals surface area contributed by atoms with Gasteiger partial charge in [-0.15, -0.1) is 0 Å². The molecule has 5 heteroatoms. The van der Waals surface area contributed by atoms with Crippen molar-refractivity contribution >= 4 is 22.4 Å². The molecule has 0 bridgehead atoms.